The van der Waals surface area contributed by atoms with Gasteiger partial charge in [0.25, 0.3) is 0 Å². The molecular weight excluding hydrogens is 332 g/mol. The second-order valence-corrected chi connectivity index (χ2v) is 6.97. The standard InChI is InChI=1S/C18H26N6O2/c1-22(18-20-17(19)21-23(18)2)15-12-25-14-8-6-7-13(16(14)26-15)11-24-9-4-3-5-10-24/h6-8,15H,3-5,9-12H2,1-2H3,(H2,19,21). The first-order valence-electron chi connectivity index (χ1n) is 9.15. The lowest BCUT2D eigenvalue weighted by molar-refractivity contribution is 0.0871. The number of hydrogen-bond donors (Lipinski definition) is 1. The number of nitrogens with two attached hydrogens (primary N) is 1. The van der Waals surface area contributed by atoms with E-state index < -0.39 is 0 Å². The Labute approximate surface area is 153 Å². The summed E-state index contributed by atoms with van der Waals surface area (Å²) < 4.78 is 14.0. The zero-order chi connectivity index (χ0) is 18.1. The molecule has 8 heteroatoms. The van der Waals surface area contributed by atoms with Gasteiger partial charge in [0.1, 0.15) is 6.61 Å². The number of anilines is 2. The molecule has 4 rings (SSSR count). The van der Waals surface area contributed by atoms with E-state index in [9.17, 15) is 0 Å². The first kappa shape index (κ1) is 17.0. The predicted molar refractivity (Wildman–Crippen MR) is 99.3 cm³/mol. The molecule has 1 aromatic heterocycles. The molecule has 1 saturated heterocycles. The van der Waals surface area contributed by atoms with Crippen LogP contribution in [0.15, 0.2) is 18.2 Å². The normalized spacial score (nSPS) is 20.2. The third-order valence-corrected chi connectivity index (χ3v) is 5.04. The van der Waals surface area contributed by atoms with Crippen LogP contribution in [0.3, 0.4) is 0 Å². The summed E-state index contributed by atoms with van der Waals surface area (Å²) in [5.41, 5.74) is 6.87. The van der Waals surface area contributed by atoms with E-state index in [1.165, 1.54) is 24.8 Å². The van der Waals surface area contributed by atoms with E-state index in [0.717, 1.165) is 31.1 Å². The summed E-state index contributed by atoms with van der Waals surface area (Å²) in [6.45, 7) is 3.60. The minimum absolute atomic E-state index is 0.247. The fraction of sp³-hybridized carbons (Fsp3) is 0.556. The smallest absolute Gasteiger partial charge is 0.241 e. The van der Waals surface area contributed by atoms with Crippen molar-refractivity contribution in [3.05, 3.63) is 23.8 Å². The second kappa shape index (κ2) is 7.03. The van der Waals surface area contributed by atoms with Crippen LogP contribution in [0.5, 0.6) is 11.5 Å². The van der Waals surface area contributed by atoms with Crippen molar-refractivity contribution in [1.82, 2.24) is 19.7 Å². The minimum atomic E-state index is -0.285. The third kappa shape index (κ3) is 3.29. The van der Waals surface area contributed by atoms with Crippen LogP contribution >= 0.6 is 0 Å². The average molecular weight is 358 g/mol. The number of ether oxygens (including phenoxy) is 2. The van der Waals surface area contributed by atoms with E-state index in [0.29, 0.717) is 12.6 Å². The van der Waals surface area contributed by atoms with Crippen molar-refractivity contribution in [2.75, 3.05) is 37.4 Å². The van der Waals surface area contributed by atoms with Crippen molar-refractivity contribution in [2.24, 2.45) is 7.05 Å². The minimum Gasteiger partial charge on any atom is -0.484 e. The number of fused-ring (bicyclic) bond motifs is 1. The van der Waals surface area contributed by atoms with Gasteiger partial charge < -0.3 is 20.1 Å². The van der Waals surface area contributed by atoms with Crippen LogP contribution < -0.4 is 20.1 Å². The van der Waals surface area contributed by atoms with E-state index in [-0.39, 0.29) is 12.2 Å². The molecule has 2 aliphatic rings. The summed E-state index contributed by atoms with van der Waals surface area (Å²) in [4.78, 5) is 8.66. The Balaban J connectivity index is 1.54. The van der Waals surface area contributed by atoms with Crippen LogP contribution in [0.1, 0.15) is 24.8 Å². The maximum absolute atomic E-state index is 6.34. The van der Waals surface area contributed by atoms with Gasteiger partial charge in [0.05, 0.1) is 0 Å². The molecule has 1 unspecified atom stereocenters. The Kier molecular flexibility index (Phi) is 4.58. The number of likely N-dealkylation sites (N-methyl/N-ethyl adjacent to an activating group) is 1. The summed E-state index contributed by atoms with van der Waals surface area (Å²) in [6, 6.07) is 6.12. The van der Waals surface area contributed by atoms with Crippen LogP contribution in [0.25, 0.3) is 0 Å². The molecule has 1 fully saturated rings. The van der Waals surface area contributed by atoms with Gasteiger partial charge in [-0.3, -0.25) is 4.90 Å². The number of nitrogen functional groups attached to an aromatic ring is 1. The highest BCUT2D eigenvalue weighted by molar-refractivity contribution is 5.48. The molecule has 0 saturated carbocycles. The molecule has 3 heterocycles. The molecule has 140 valence electrons. The summed E-state index contributed by atoms with van der Waals surface area (Å²) in [5, 5.41) is 4.10. The van der Waals surface area contributed by atoms with E-state index in [2.05, 4.69) is 21.0 Å². The lowest BCUT2D eigenvalue weighted by atomic mass is 10.1. The van der Waals surface area contributed by atoms with Gasteiger partial charge in [0.2, 0.25) is 18.1 Å². The van der Waals surface area contributed by atoms with Gasteiger partial charge in [0, 0.05) is 26.2 Å². The summed E-state index contributed by atoms with van der Waals surface area (Å²) in [5.74, 6) is 2.53. The molecule has 0 radical (unpaired) electrons. The second-order valence-electron chi connectivity index (χ2n) is 6.97. The van der Waals surface area contributed by atoms with Gasteiger partial charge in [-0.25, -0.2) is 4.68 Å². The number of piperidine rings is 1. The van der Waals surface area contributed by atoms with Crippen molar-refractivity contribution in [2.45, 2.75) is 32.0 Å². The van der Waals surface area contributed by atoms with Crippen molar-refractivity contribution < 1.29 is 9.47 Å². The van der Waals surface area contributed by atoms with Gasteiger partial charge in [-0.1, -0.05) is 18.6 Å². The fourth-order valence-corrected chi connectivity index (χ4v) is 3.65. The number of aryl methyl sites for hydroxylation is 1. The molecule has 0 spiro atoms. The highest BCUT2D eigenvalue weighted by atomic mass is 16.6. The molecule has 26 heavy (non-hydrogen) atoms. The van der Waals surface area contributed by atoms with Crippen LogP contribution in [0.2, 0.25) is 0 Å². The Morgan fingerprint density at radius 2 is 2.08 bits per heavy atom. The maximum atomic E-state index is 6.34. The molecule has 2 aromatic rings. The molecule has 2 N–H and O–H groups in total. The van der Waals surface area contributed by atoms with E-state index in [1.54, 1.807) is 4.68 Å². The zero-order valence-electron chi connectivity index (χ0n) is 15.4. The Morgan fingerprint density at radius 3 is 2.81 bits per heavy atom. The van der Waals surface area contributed by atoms with Gasteiger partial charge in [0.15, 0.2) is 11.5 Å². The number of hydrogen-bond acceptors (Lipinski definition) is 7. The first-order valence-corrected chi connectivity index (χ1v) is 9.15. The van der Waals surface area contributed by atoms with E-state index >= 15 is 0 Å². The topological polar surface area (TPSA) is 81.7 Å². The Morgan fingerprint density at radius 1 is 1.27 bits per heavy atom. The lowest BCUT2D eigenvalue weighted by Crippen LogP contribution is -2.45. The first-order chi connectivity index (χ1) is 12.6. The van der Waals surface area contributed by atoms with Gasteiger partial charge in [-0.2, -0.15) is 4.98 Å². The summed E-state index contributed by atoms with van der Waals surface area (Å²) in [7, 11) is 3.73. The lowest BCUT2D eigenvalue weighted by Gasteiger charge is -2.34. The van der Waals surface area contributed by atoms with Crippen LogP contribution in [0, 0.1) is 0 Å². The molecule has 0 bridgehead atoms. The number of nitrogens with zero attached hydrogens (tertiary/aromatic N) is 5. The summed E-state index contributed by atoms with van der Waals surface area (Å²) >= 11 is 0. The van der Waals surface area contributed by atoms with Gasteiger partial charge >= 0.3 is 0 Å². The highest BCUT2D eigenvalue weighted by Crippen LogP contribution is 2.37. The largest absolute Gasteiger partial charge is 0.484 e. The molecule has 8 nitrogen and oxygen atoms in total. The van der Waals surface area contributed by atoms with E-state index in [4.69, 9.17) is 15.2 Å². The van der Waals surface area contributed by atoms with Crippen molar-refractivity contribution in [3.8, 4) is 11.5 Å². The number of likely N-dealkylation sites (tertiary alicyclic amines) is 1. The van der Waals surface area contributed by atoms with Crippen molar-refractivity contribution in [1.29, 1.82) is 0 Å². The fourth-order valence-electron chi connectivity index (χ4n) is 3.65. The third-order valence-electron chi connectivity index (χ3n) is 5.04. The Bertz CT molecular complexity index is 771. The Hall–Kier alpha value is -2.48. The maximum Gasteiger partial charge on any atom is 0.241 e. The van der Waals surface area contributed by atoms with Gasteiger partial charge in [-0.15, -0.1) is 5.10 Å². The molecular formula is C18H26N6O2. The number of benzene rings is 1. The number of para-hydroxylation sites is 1. The predicted octanol–water partition coefficient (Wildman–Crippen LogP) is 1.62. The van der Waals surface area contributed by atoms with Crippen molar-refractivity contribution in [3.63, 3.8) is 0 Å². The monoisotopic (exact) mass is 358 g/mol. The highest BCUT2D eigenvalue weighted by Gasteiger charge is 2.29. The average Bonchev–Trinajstić information content (AvgIpc) is 3.00. The quantitative estimate of drug-likeness (QED) is 0.889. The molecule has 2 aliphatic heterocycles. The van der Waals surface area contributed by atoms with Crippen LogP contribution in [-0.2, 0) is 13.6 Å². The molecule has 1 aromatic carbocycles. The van der Waals surface area contributed by atoms with Crippen LogP contribution in [-0.4, -0.2) is 52.6 Å². The SMILES string of the molecule is CN(c1nc(N)nn1C)C1COc2cccc(CN3CCCCC3)c2O1. The zero-order valence-corrected chi connectivity index (χ0v) is 15.4. The molecule has 0 amide bonds. The number of rotatable bonds is 4. The molecule has 1 atom stereocenters. The molecule has 0 aliphatic carbocycles. The number of aromatic nitrogens is 3. The summed E-state index contributed by atoms with van der Waals surface area (Å²) in [6.07, 6.45) is 3.58. The van der Waals surface area contributed by atoms with E-state index in [1.807, 2.05) is 31.1 Å². The van der Waals surface area contributed by atoms with Crippen molar-refractivity contribution >= 4 is 11.9 Å². The van der Waals surface area contributed by atoms with Crippen LogP contribution in [0.4, 0.5) is 11.9 Å². The van der Waals surface area contributed by atoms with Gasteiger partial charge in [-0.05, 0) is 32.0 Å².